The van der Waals surface area contributed by atoms with Crippen molar-refractivity contribution in [2.24, 2.45) is 0 Å². The second-order valence-electron chi connectivity index (χ2n) is 6.25. The van der Waals surface area contributed by atoms with Gasteiger partial charge in [0.25, 0.3) is 0 Å². The third-order valence-electron chi connectivity index (χ3n) is 4.24. The number of rotatable bonds is 5. The Hall–Kier alpha value is -3.46. The highest BCUT2D eigenvalue weighted by Gasteiger charge is 2.29. The molecule has 29 heavy (non-hydrogen) atoms. The summed E-state index contributed by atoms with van der Waals surface area (Å²) in [7, 11) is 1.58. The van der Waals surface area contributed by atoms with Crippen molar-refractivity contribution >= 4 is 22.5 Å². The molecule has 0 fully saturated rings. The number of methoxy groups -OCH3 is 1. The monoisotopic (exact) mass is 399 g/mol. The molecule has 0 amide bonds. The van der Waals surface area contributed by atoms with Crippen LogP contribution in [-0.2, 0) is 17.5 Å². The van der Waals surface area contributed by atoms with Gasteiger partial charge in [-0.25, -0.2) is 9.97 Å². The van der Waals surface area contributed by atoms with Crippen LogP contribution in [0.1, 0.15) is 11.4 Å². The molecule has 0 aliphatic rings. The zero-order chi connectivity index (χ0) is 20.4. The summed E-state index contributed by atoms with van der Waals surface area (Å²) in [5, 5.41) is 2.98. The van der Waals surface area contributed by atoms with Crippen LogP contribution in [0.4, 0.5) is 24.7 Å². The van der Waals surface area contributed by atoms with Gasteiger partial charge in [-0.3, -0.25) is 9.55 Å². The molecular weight excluding hydrogens is 383 g/mol. The Balaban J connectivity index is 1.68. The van der Waals surface area contributed by atoms with Gasteiger partial charge in [0.05, 0.1) is 29.0 Å². The lowest BCUT2D eigenvalue weighted by molar-refractivity contribution is -0.137. The number of nitrogens with zero attached hydrogens (tertiary/aromatic N) is 4. The van der Waals surface area contributed by atoms with Crippen LogP contribution < -0.4 is 5.32 Å². The summed E-state index contributed by atoms with van der Waals surface area (Å²) in [5.74, 6) is 1.57. The molecule has 0 spiro atoms. The summed E-state index contributed by atoms with van der Waals surface area (Å²) in [5.41, 5.74) is 1.40. The van der Waals surface area contributed by atoms with Crippen LogP contribution in [0.3, 0.4) is 0 Å². The third-order valence-corrected chi connectivity index (χ3v) is 4.24. The number of imidazole rings is 1. The minimum atomic E-state index is -4.38. The molecule has 2 aromatic carbocycles. The Labute approximate surface area is 164 Å². The molecule has 0 radical (unpaired) electrons. The van der Waals surface area contributed by atoms with Gasteiger partial charge < -0.3 is 10.1 Å². The van der Waals surface area contributed by atoms with Gasteiger partial charge >= 0.3 is 6.18 Å². The van der Waals surface area contributed by atoms with E-state index < -0.39 is 11.7 Å². The smallest absolute Gasteiger partial charge is 0.377 e. The number of para-hydroxylation sites is 2. The minimum absolute atomic E-state index is 0.285. The van der Waals surface area contributed by atoms with Crippen LogP contribution in [0.2, 0.25) is 0 Å². The van der Waals surface area contributed by atoms with Crippen molar-refractivity contribution in [3.8, 4) is 5.82 Å². The number of nitrogens with one attached hydrogen (secondary N) is 1. The van der Waals surface area contributed by atoms with Gasteiger partial charge in [0.1, 0.15) is 12.4 Å². The highest BCUT2D eigenvalue weighted by Crippen LogP contribution is 2.30. The first-order valence-corrected chi connectivity index (χ1v) is 8.68. The highest BCUT2D eigenvalue weighted by molar-refractivity contribution is 5.77. The molecule has 0 saturated carbocycles. The fourth-order valence-electron chi connectivity index (χ4n) is 2.97. The maximum Gasteiger partial charge on any atom is 0.416 e. The molecule has 0 saturated heterocycles. The standard InChI is InChI=1S/C20H16F3N5O/c1-29-12-19-26-15-4-2-3-5-16(15)28(19)18-11-24-10-17(27-18)25-14-8-6-13(7-9-14)20(21,22)23/h2-11H,12H2,1H3,(H,25,27). The van der Waals surface area contributed by atoms with Crippen LogP contribution in [0.5, 0.6) is 0 Å². The van der Waals surface area contributed by atoms with Crippen molar-refractivity contribution in [1.29, 1.82) is 0 Å². The number of ether oxygens (including phenoxy) is 1. The Kier molecular flexibility index (Phi) is 4.89. The molecule has 4 aromatic rings. The lowest BCUT2D eigenvalue weighted by Crippen LogP contribution is -2.07. The van der Waals surface area contributed by atoms with E-state index in [1.807, 2.05) is 28.8 Å². The van der Waals surface area contributed by atoms with Gasteiger partial charge in [0.2, 0.25) is 0 Å². The lowest BCUT2D eigenvalue weighted by atomic mass is 10.2. The van der Waals surface area contributed by atoms with Crippen LogP contribution in [0.25, 0.3) is 16.9 Å². The summed E-state index contributed by atoms with van der Waals surface area (Å²) >= 11 is 0. The van der Waals surface area contributed by atoms with Crippen molar-refractivity contribution < 1.29 is 17.9 Å². The first kappa shape index (κ1) is 18.9. The molecule has 0 aliphatic carbocycles. The van der Waals surface area contributed by atoms with Gasteiger partial charge in [-0.05, 0) is 36.4 Å². The van der Waals surface area contributed by atoms with Gasteiger partial charge in [0.15, 0.2) is 11.6 Å². The summed E-state index contributed by atoms with van der Waals surface area (Å²) in [6.07, 6.45) is -1.29. The second kappa shape index (κ2) is 7.51. The number of hydrogen-bond donors (Lipinski definition) is 1. The van der Waals surface area contributed by atoms with Crippen molar-refractivity contribution in [2.45, 2.75) is 12.8 Å². The molecule has 2 aromatic heterocycles. The zero-order valence-electron chi connectivity index (χ0n) is 15.3. The molecule has 0 bridgehead atoms. The molecule has 0 atom stereocenters. The number of anilines is 2. The van der Waals surface area contributed by atoms with Crippen molar-refractivity contribution in [3.63, 3.8) is 0 Å². The third kappa shape index (κ3) is 3.90. The fourth-order valence-corrected chi connectivity index (χ4v) is 2.97. The van der Waals surface area contributed by atoms with Crippen LogP contribution in [-0.4, -0.2) is 26.6 Å². The largest absolute Gasteiger partial charge is 0.416 e. The molecule has 4 rings (SSSR count). The summed E-state index contributed by atoms with van der Waals surface area (Å²) in [6.45, 7) is 0.285. The van der Waals surface area contributed by atoms with E-state index in [4.69, 9.17) is 4.74 Å². The SMILES string of the molecule is COCc1nc2ccccc2n1-c1cncc(Nc2ccc(C(F)(F)F)cc2)n1. The topological polar surface area (TPSA) is 64.9 Å². The number of hydrogen-bond acceptors (Lipinski definition) is 5. The minimum Gasteiger partial charge on any atom is -0.377 e. The van der Waals surface area contributed by atoms with Gasteiger partial charge in [-0.1, -0.05) is 12.1 Å². The molecule has 2 heterocycles. The summed E-state index contributed by atoms with van der Waals surface area (Å²) < 4.78 is 45.3. The predicted molar refractivity (Wildman–Crippen MR) is 102 cm³/mol. The van der Waals surface area contributed by atoms with Gasteiger partial charge in [-0.15, -0.1) is 0 Å². The normalized spacial score (nSPS) is 11.7. The summed E-state index contributed by atoms with van der Waals surface area (Å²) in [6, 6.07) is 12.3. The average molecular weight is 399 g/mol. The van der Waals surface area contributed by atoms with E-state index in [2.05, 4.69) is 20.3 Å². The van der Waals surface area contributed by atoms with Gasteiger partial charge in [0, 0.05) is 12.8 Å². The predicted octanol–water partition coefficient (Wildman–Crippen LogP) is 4.72. The molecule has 0 unspecified atom stereocenters. The van der Waals surface area contributed by atoms with Crippen LogP contribution in [0, 0.1) is 0 Å². The van der Waals surface area contributed by atoms with Crippen molar-refractivity contribution in [1.82, 2.24) is 19.5 Å². The van der Waals surface area contributed by atoms with Crippen molar-refractivity contribution in [2.75, 3.05) is 12.4 Å². The Bertz CT molecular complexity index is 1140. The van der Waals surface area contributed by atoms with E-state index in [0.29, 0.717) is 23.1 Å². The van der Waals surface area contributed by atoms with Crippen molar-refractivity contribution in [3.05, 3.63) is 72.3 Å². The van der Waals surface area contributed by atoms with E-state index >= 15 is 0 Å². The zero-order valence-corrected chi connectivity index (χ0v) is 15.3. The van der Waals surface area contributed by atoms with E-state index in [1.54, 1.807) is 13.3 Å². The molecule has 0 aliphatic heterocycles. The summed E-state index contributed by atoms with van der Waals surface area (Å²) in [4.78, 5) is 13.3. The van der Waals surface area contributed by atoms with E-state index in [9.17, 15) is 13.2 Å². The first-order valence-electron chi connectivity index (χ1n) is 8.68. The van der Waals surface area contributed by atoms with E-state index in [0.717, 1.165) is 23.2 Å². The number of benzene rings is 2. The quantitative estimate of drug-likeness (QED) is 0.526. The number of halogens is 3. The lowest BCUT2D eigenvalue weighted by Gasteiger charge is -2.11. The molecule has 6 nitrogen and oxygen atoms in total. The van der Waals surface area contributed by atoms with E-state index in [1.165, 1.54) is 18.3 Å². The second-order valence-corrected chi connectivity index (χ2v) is 6.25. The number of fused-ring (bicyclic) bond motifs is 1. The van der Waals surface area contributed by atoms with Crippen LogP contribution >= 0.6 is 0 Å². The Morgan fingerprint density at radius 3 is 2.48 bits per heavy atom. The fraction of sp³-hybridized carbons (Fsp3) is 0.150. The maximum atomic E-state index is 12.7. The Morgan fingerprint density at radius 1 is 1.00 bits per heavy atom. The number of aromatic nitrogens is 4. The maximum absolute atomic E-state index is 12.7. The first-order chi connectivity index (χ1) is 14.0. The Morgan fingerprint density at radius 2 is 1.76 bits per heavy atom. The van der Waals surface area contributed by atoms with E-state index in [-0.39, 0.29) is 6.61 Å². The van der Waals surface area contributed by atoms with Gasteiger partial charge in [-0.2, -0.15) is 13.2 Å². The highest BCUT2D eigenvalue weighted by atomic mass is 19.4. The number of alkyl halides is 3. The molecule has 148 valence electrons. The molecule has 9 heteroatoms. The molecule has 1 N–H and O–H groups in total. The average Bonchev–Trinajstić information content (AvgIpc) is 3.06. The molecular formula is C20H16F3N5O. The van der Waals surface area contributed by atoms with Crippen LogP contribution in [0.15, 0.2) is 60.9 Å².